The number of hydrogen-bond acceptors (Lipinski definition) is 3. The highest BCUT2D eigenvalue weighted by Crippen LogP contribution is 2.19. The highest BCUT2D eigenvalue weighted by molar-refractivity contribution is 8.14. The fourth-order valence-electron chi connectivity index (χ4n) is 1.58. The van der Waals surface area contributed by atoms with Crippen molar-refractivity contribution in [2.24, 2.45) is 18.0 Å². The summed E-state index contributed by atoms with van der Waals surface area (Å²) >= 11 is 1.82. The van der Waals surface area contributed by atoms with Crippen LogP contribution in [-0.4, -0.2) is 26.7 Å². The van der Waals surface area contributed by atoms with Crippen molar-refractivity contribution in [2.45, 2.75) is 26.4 Å². The van der Waals surface area contributed by atoms with Crippen LogP contribution in [0, 0.1) is 5.92 Å². The third-order valence-corrected chi connectivity index (χ3v) is 3.72. The van der Waals surface area contributed by atoms with Crippen LogP contribution in [0.2, 0.25) is 0 Å². The van der Waals surface area contributed by atoms with Crippen molar-refractivity contribution in [3.63, 3.8) is 0 Å². The molecule has 2 rings (SSSR count). The third kappa shape index (κ3) is 2.78. The number of nitrogens with one attached hydrogen (secondary N) is 1. The Balaban J connectivity index is 1.90. The van der Waals surface area contributed by atoms with Crippen LogP contribution in [0.1, 0.15) is 19.4 Å². The average Bonchev–Trinajstić information content (AvgIpc) is 2.83. The zero-order chi connectivity index (χ0) is 11.5. The van der Waals surface area contributed by atoms with Crippen molar-refractivity contribution in [1.29, 1.82) is 0 Å². The fraction of sp³-hybridized carbons (Fsp3) is 0.636. The maximum atomic E-state index is 4.55. The average molecular weight is 238 g/mol. The minimum atomic E-state index is 0.567. The number of aliphatic imine (C=N–C) groups is 1. The third-order valence-electron chi connectivity index (χ3n) is 2.68. The first-order valence-electron chi connectivity index (χ1n) is 5.56. The number of nitrogens with zero attached hydrogens (tertiary/aromatic N) is 3. The predicted octanol–water partition coefficient (Wildman–Crippen LogP) is 1.64. The predicted molar refractivity (Wildman–Crippen MR) is 68.6 cm³/mol. The quantitative estimate of drug-likeness (QED) is 0.870. The number of rotatable bonds is 3. The minimum absolute atomic E-state index is 0.567. The van der Waals surface area contributed by atoms with E-state index < -0.39 is 0 Å². The summed E-state index contributed by atoms with van der Waals surface area (Å²) in [6, 6.07) is 0.567. The Morgan fingerprint density at radius 1 is 1.69 bits per heavy atom. The summed E-state index contributed by atoms with van der Waals surface area (Å²) in [5.74, 6) is 1.79. The van der Waals surface area contributed by atoms with E-state index >= 15 is 0 Å². The highest BCUT2D eigenvalue weighted by atomic mass is 32.2. The van der Waals surface area contributed by atoms with Gasteiger partial charge in [-0.15, -0.1) is 0 Å². The first kappa shape index (κ1) is 11.5. The molecule has 1 saturated heterocycles. The molecular weight excluding hydrogens is 220 g/mol. The summed E-state index contributed by atoms with van der Waals surface area (Å²) < 4.78 is 1.81. The van der Waals surface area contributed by atoms with Gasteiger partial charge in [0.25, 0.3) is 0 Å². The Morgan fingerprint density at radius 3 is 3.06 bits per heavy atom. The molecule has 0 spiro atoms. The molecule has 16 heavy (non-hydrogen) atoms. The van der Waals surface area contributed by atoms with Gasteiger partial charge in [0.1, 0.15) is 0 Å². The molecule has 88 valence electrons. The Kier molecular flexibility index (Phi) is 3.53. The lowest BCUT2D eigenvalue weighted by atomic mass is 10.1. The SMILES string of the molecule is CC(C)[C@H]1CSC(=NCc2cnn(C)c2)N1. The maximum Gasteiger partial charge on any atom is 0.157 e. The molecule has 0 saturated carbocycles. The molecule has 0 aliphatic carbocycles. The first-order chi connectivity index (χ1) is 7.65. The molecule has 1 aromatic rings. The molecular formula is C11H18N4S. The fourth-order valence-corrected chi connectivity index (χ4v) is 2.77. The van der Waals surface area contributed by atoms with Crippen molar-refractivity contribution in [2.75, 3.05) is 5.75 Å². The van der Waals surface area contributed by atoms with E-state index in [2.05, 4.69) is 29.3 Å². The van der Waals surface area contributed by atoms with Crippen LogP contribution in [0.25, 0.3) is 0 Å². The summed E-state index contributed by atoms with van der Waals surface area (Å²) in [7, 11) is 1.92. The molecule has 0 unspecified atom stereocenters. The first-order valence-corrected chi connectivity index (χ1v) is 6.55. The molecule has 1 atom stereocenters. The summed E-state index contributed by atoms with van der Waals surface area (Å²) in [6.07, 6.45) is 3.87. The molecule has 0 bridgehead atoms. The topological polar surface area (TPSA) is 42.2 Å². The second-order valence-electron chi connectivity index (χ2n) is 4.45. The zero-order valence-corrected chi connectivity index (χ0v) is 10.8. The number of hydrogen-bond donors (Lipinski definition) is 1. The van der Waals surface area contributed by atoms with Gasteiger partial charge < -0.3 is 5.32 Å². The molecule has 1 aliphatic heterocycles. The van der Waals surface area contributed by atoms with Crippen LogP contribution in [-0.2, 0) is 13.6 Å². The van der Waals surface area contributed by atoms with Crippen LogP contribution >= 0.6 is 11.8 Å². The Bertz CT molecular complexity index is 383. The number of aryl methyl sites for hydroxylation is 1. The van der Waals surface area contributed by atoms with Crippen molar-refractivity contribution >= 4 is 16.9 Å². The van der Waals surface area contributed by atoms with E-state index in [0.29, 0.717) is 18.5 Å². The Morgan fingerprint density at radius 2 is 2.50 bits per heavy atom. The summed E-state index contributed by atoms with van der Waals surface area (Å²) in [5.41, 5.74) is 1.16. The number of amidine groups is 1. The van der Waals surface area contributed by atoms with Gasteiger partial charge in [-0.25, -0.2) is 0 Å². The summed E-state index contributed by atoms with van der Waals surface area (Å²) in [5, 5.41) is 8.65. The zero-order valence-electron chi connectivity index (χ0n) is 9.97. The van der Waals surface area contributed by atoms with Gasteiger partial charge in [-0.1, -0.05) is 25.6 Å². The van der Waals surface area contributed by atoms with E-state index in [1.165, 1.54) is 0 Å². The molecule has 0 amide bonds. The Hall–Kier alpha value is -0.970. The molecule has 1 aliphatic rings. The van der Waals surface area contributed by atoms with Crippen molar-refractivity contribution in [3.8, 4) is 0 Å². The van der Waals surface area contributed by atoms with Crippen LogP contribution in [0.5, 0.6) is 0 Å². The van der Waals surface area contributed by atoms with Crippen LogP contribution in [0.3, 0.4) is 0 Å². The van der Waals surface area contributed by atoms with Gasteiger partial charge in [-0.2, -0.15) is 5.10 Å². The van der Waals surface area contributed by atoms with Gasteiger partial charge in [-0.3, -0.25) is 9.67 Å². The van der Waals surface area contributed by atoms with E-state index in [9.17, 15) is 0 Å². The van der Waals surface area contributed by atoms with Gasteiger partial charge in [0, 0.05) is 30.6 Å². The lowest BCUT2D eigenvalue weighted by molar-refractivity contribution is 0.503. The van der Waals surface area contributed by atoms with Gasteiger partial charge >= 0.3 is 0 Å². The summed E-state index contributed by atoms with van der Waals surface area (Å²) in [6.45, 7) is 5.19. The lowest BCUT2D eigenvalue weighted by Gasteiger charge is -2.12. The van der Waals surface area contributed by atoms with Gasteiger partial charge in [0.05, 0.1) is 12.7 Å². The smallest absolute Gasteiger partial charge is 0.157 e. The molecule has 1 aromatic heterocycles. The van der Waals surface area contributed by atoms with Crippen molar-refractivity contribution in [3.05, 3.63) is 18.0 Å². The van der Waals surface area contributed by atoms with Gasteiger partial charge in [0.2, 0.25) is 0 Å². The molecule has 5 heteroatoms. The molecule has 4 nitrogen and oxygen atoms in total. The second-order valence-corrected chi connectivity index (χ2v) is 5.46. The molecule has 0 radical (unpaired) electrons. The van der Waals surface area contributed by atoms with Crippen LogP contribution in [0.4, 0.5) is 0 Å². The monoisotopic (exact) mass is 238 g/mol. The van der Waals surface area contributed by atoms with E-state index in [1.54, 1.807) is 0 Å². The molecule has 1 fully saturated rings. The lowest BCUT2D eigenvalue weighted by Crippen LogP contribution is -2.31. The largest absolute Gasteiger partial charge is 0.361 e. The molecule has 2 heterocycles. The van der Waals surface area contributed by atoms with E-state index in [1.807, 2.05) is 35.9 Å². The highest BCUT2D eigenvalue weighted by Gasteiger charge is 2.22. The number of thioether (sulfide) groups is 1. The van der Waals surface area contributed by atoms with E-state index in [-0.39, 0.29) is 0 Å². The maximum absolute atomic E-state index is 4.55. The summed E-state index contributed by atoms with van der Waals surface area (Å²) in [4.78, 5) is 4.55. The molecule has 1 N–H and O–H groups in total. The van der Waals surface area contributed by atoms with Crippen LogP contribution in [0.15, 0.2) is 17.4 Å². The van der Waals surface area contributed by atoms with Crippen molar-refractivity contribution in [1.82, 2.24) is 15.1 Å². The normalized spacial score (nSPS) is 23.0. The van der Waals surface area contributed by atoms with Gasteiger partial charge in [0.15, 0.2) is 5.17 Å². The van der Waals surface area contributed by atoms with Gasteiger partial charge in [-0.05, 0) is 5.92 Å². The van der Waals surface area contributed by atoms with E-state index in [0.717, 1.165) is 16.5 Å². The van der Waals surface area contributed by atoms with Crippen LogP contribution < -0.4 is 5.32 Å². The van der Waals surface area contributed by atoms with Crippen molar-refractivity contribution < 1.29 is 0 Å². The second kappa shape index (κ2) is 4.91. The standard InChI is InChI=1S/C11H18N4S/c1-8(2)10-7-16-11(14-10)12-4-9-5-13-15(3)6-9/h5-6,8,10H,4,7H2,1-3H3,(H,12,14)/t10-/m1/s1. The molecule has 0 aromatic carbocycles. The van der Waals surface area contributed by atoms with E-state index in [4.69, 9.17) is 0 Å². The Labute approximate surface area is 101 Å². The minimum Gasteiger partial charge on any atom is -0.361 e. The number of aromatic nitrogens is 2.